The van der Waals surface area contributed by atoms with Gasteiger partial charge in [-0.25, -0.2) is 0 Å². The van der Waals surface area contributed by atoms with E-state index in [1.165, 1.54) is 5.56 Å². The maximum Gasteiger partial charge on any atom is 0.119 e. The lowest BCUT2D eigenvalue weighted by Crippen LogP contribution is -2.48. The summed E-state index contributed by atoms with van der Waals surface area (Å²) in [7, 11) is 0. The van der Waals surface area contributed by atoms with Gasteiger partial charge in [0.2, 0.25) is 0 Å². The summed E-state index contributed by atoms with van der Waals surface area (Å²) in [5, 5.41) is 3.47. The summed E-state index contributed by atoms with van der Waals surface area (Å²) in [6, 6.07) is 9.08. The van der Waals surface area contributed by atoms with Crippen molar-refractivity contribution in [3.63, 3.8) is 0 Å². The van der Waals surface area contributed by atoms with E-state index in [0.717, 1.165) is 31.9 Å². The van der Waals surface area contributed by atoms with Gasteiger partial charge in [-0.3, -0.25) is 4.90 Å². The van der Waals surface area contributed by atoms with Crippen LogP contribution in [0.15, 0.2) is 24.3 Å². The third-order valence-electron chi connectivity index (χ3n) is 3.15. The zero-order valence-corrected chi connectivity index (χ0v) is 11.6. The number of rotatable bonds is 4. The van der Waals surface area contributed by atoms with Crippen LogP contribution in [-0.2, 0) is 6.54 Å². The number of piperazine rings is 1. The van der Waals surface area contributed by atoms with Gasteiger partial charge in [0.25, 0.3) is 0 Å². The third-order valence-corrected chi connectivity index (χ3v) is 3.15. The maximum absolute atomic E-state index is 5.65. The van der Waals surface area contributed by atoms with E-state index >= 15 is 0 Å². The molecule has 3 heteroatoms. The topological polar surface area (TPSA) is 24.5 Å². The molecule has 1 N–H and O–H groups in total. The SMILES string of the molecule is CC1CN(Cc2ccc(OC(C)C)cc2)CCN1. The van der Waals surface area contributed by atoms with Crippen LogP contribution < -0.4 is 10.1 Å². The molecule has 0 aliphatic carbocycles. The first-order valence-corrected chi connectivity index (χ1v) is 6.85. The second-order valence-corrected chi connectivity index (χ2v) is 5.40. The molecule has 0 radical (unpaired) electrons. The molecule has 1 unspecified atom stereocenters. The molecule has 100 valence electrons. The number of hydrogen-bond acceptors (Lipinski definition) is 3. The molecule has 1 atom stereocenters. The van der Waals surface area contributed by atoms with Crippen molar-refractivity contribution in [2.75, 3.05) is 19.6 Å². The molecule has 1 aromatic carbocycles. The average molecular weight is 248 g/mol. The Morgan fingerprint density at radius 1 is 1.33 bits per heavy atom. The van der Waals surface area contributed by atoms with Gasteiger partial charge in [0.1, 0.15) is 5.75 Å². The molecule has 1 aliphatic heterocycles. The smallest absolute Gasteiger partial charge is 0.119 e. The van der Waals surface area contributed by atoms with E-state index in [2.05, 4.69) is 55.3 Å². The highest BCUT2D eigenvalue weighted by atomic mass is 16.5. The second-order valence-electron chi connectivity index (χ2n) is 5.40. The summed E-state index contributed by atoms with van der Waals surface area (Å²) in [6.07, 6.45) is 0.241. The zero-order valence-electron chi connectivity index (χ0n) is 11.6. The normalized spacial score (nSPS) is 21.2. The van der Waals surface area contributed by atoms with E-state index < -0.39 is 0 Å². The number of nitrogens with one attached hydrogen (secondary N) is 1. The molecular formula is C15H24N2O. The summed E-state index contributed by atoms with van der Waals surface area (Å²) in [4.78, 5) is 2.50. The van der Waals surface area contributed by atoms with Crippen molar-refractivity contribution in [3.8, 4) is 5.75 Å². The second kappa shape index (κ2) is 6.21. The third kappa shape index (κ3) is 4.00. The van der Waals surface area contributed by atoms with Crippen LogP contribution in [-0.4, -0.2) is 36.7 Å². The standard InChI is InChI=1S/C15H24N2O/c1-12(2)18-15-6-4-14(5-7-15)11-17-9-8-16-13(3)10-17/h4-7,12-13,16H,8-11H2,1-3H3. The molecule has 1 aromatic rings. The molecule has 1 saturated heterocycles. The first-order valence-electron chi connectivity index (χ1n) is 6.85. The van der Waals surface area contributed by atoms with Gasteiger partial charge >= 0.3 is 0 Å². The molecule has 1 aliphatic rings. The molecule has 0 spiro atoms. The summed E-state index contributed by atoms with van der Waals surface area (Å²) in [6.45, 7) is 10.7. The summed E-state index contributed by atoms with van der Waals surface area (Å²) in [5.41, 5.74) is 1.36. The fourth-order valence-electron chi connectivity index (χ4n) is 2.36. The summed E-state index contributed by atoms with van der Waals surface area (Å²) in [5.74, 6) is 0.961. The predicted molar refractivity (Wildman–Crippen MR) is 74.9 cm³/mol. The monoisotopic (exact) mass is 248 g/mol. The molecule has 0 amide bonds. The molecule has 0 saturated carbocycles. The van der Waals surface area contributed by atoms with Crippen molar-refractivity contribution in [1.82, 2.24) is 10.2 Å². The fraction of sp³-hybridized carbons (Fsp3) is 0.600. The van der Waals surface area contributed by atoms with E-state index in [0.29, 0.717) is 6.04 Å². The Morgan fingerprint density at radius 3 is 2.67 bits per heavy atom. The highest BCUT2D eigenvalue weighted by Gasteiger charge is 2.15. The van der Waals surface area contributed by atoms with Crippen LogP contribution in [0.2, 0.25) is 0 Å². The Bertz CT molecular complexity index is 361. The summed E-state index contributed by atoms with van der Waals surface area (Å²) < 4.78 is 5.65. The Balaban J connectivity index is 1.89. The lowest BCUT2D eigenvalue weighted by atomic mass is 10.1. The molecule has 0 bridgehead atoms. The maximum atomic E-state index is 5.65. The van der Waals surface area contributed by atoms with Crippen LogP contribution in [0.5, 0.6) is 5.75 Å². The van der Waals surface area contributed by atoms with Gasteiger partial charge < -0.3 is 10.1 Å². The number of ether oxygens (including phenoxy) is 1. The molecule has 2 rings (SSSR count). The Hall–Kier alpha value is -1.06. The van der Waals surface area contributed by atoms with Crippen LogP contribution in [0.25, 0.3) is 0 Å². The lowest BCUT2D eigenvalue weighted by Gasteiger charge is -2.31. The van der Waals surface area contributed by atoms with Crippen molar-refractivity contribution in [1.29, 1.82) is 0 Å². The van der Waals surface area contributed by atoms with E-state index in [1.807, 2.05) is 0 Å². The van der Waals surface area contributed by atoms with Crippen LogP contribution in [0.4, 0.5) is 0 Å². The first-order chi connectivity index (χ1) is 8.63. The van der Waals surface area contributed by atoms with Crippen LogP contribution in [0, 0.1) is 0 Å². The average Bonchev–Trinajstić information content (AvgIpc) is 2.31. The Kier molecular flexibility index (Phi) is 4.61. The molecule has 1 heterocycles. The Morgan fingerprint density at radius 2 is 2.06 bits per heavy atom. The minimum atomic E-state index is 0.241. The summed E-state index contributed by atoms with van der Waals surface area (Å²) >= 11 is 0. The number of benzene rings is 1. The van der Waals surface area contributed by atoms with E-state index in [1.54, 1.807) is 0 Å². The zero-order chi connectivity index (χ0) is 13.0. The first kappa shape index (κ1) is 13.4. The van der Waals surface area contributed by atoms with Crippen molar-refractivity contribution in [2.24, 2.45) is 0 Å². The number of hydrogen-bond donors (Lipinski definition) is 1. The Labute approximate surface area is 110 Å². The van der Waals surface area contributed by atoms with Crippen molar-refractivity contribution in [2.45, 2.75) is 39.5 Å². The van der Waals surface area contributed by atoms with Crippen LogP contribution in [0.3, 0.4) is 0 Å². The lowest BCUT2D eigenvalue weighted by molar-refractivity contribution is 0.199. The highest BCUT2D eigenvalue weighted by molar-refractivity contribution is 5.27. The van der Waals surface area contributed by atoms with E-state index in [9.17, 15) is 0 Å². The minimum absolute atomic E-state index is 0.241. The number of nitrogens with zero attached hydrogens (tertiary/aromatic N) is 1. The molecule has 0 aromatic heterocycles. The van der Waals surface area contributed by atoms with Crippen LogP contribution >= 0.6 is 0 Å². The van der Waals surface area contributed by atoms with E-state index in [-0.39, 0.29) is 6.10 Å². The molecule has 3 nitrogen and oxygen atoms in total. The van der Waals surface area contributed by atoms with Crippen molar-refractivity contribution >= 4 is 0 Å². The van der Waals surface area contributed by atoms with Crippen molar-refractivity contribution in [3.05, 3.63) is 29.8 Å². The van der Waals surface area contributed by atoms with Gasteiger partial charge in [0.15, 0.2) is 0 Å². The van der Waals surface area contributed by atoms with Gasteiger partial charge in [-0.1, -0.05) is 12.1 Å². The highest BCUT2D eigenvalue weighted by Crippen LogP contribution is 2.15. The molecule has 1 fully saturated rings. The van der Waals surface area contributed by atoms with E-state index in [4.69, 9.17) is 4.74 Å². The predicted octanol–water partition coefficient (Wildman–Crippen LogP) is 2.27. The molecular weight excluding hydrogens is 224 g/mol. The quantitative estimate of drug-likeness (QED) is 0.884. The fourth-order valence-corrected chi connectivity index (χ4v) is 2.36. The van der Waals surface area contributed by atoms with Gasteiger partial charge in [-0.05, 0) is 38.5 Å². The van der Waals surface area contributed by atoms with Crippen LogP contribution in [0.1, 0.15) is 26.3 Å². The minimum Gasteiger partial charge on any atom is -0.491 e. The van der Waals surface area contributed by atoms with Gasteiger partial charge in [0, 0.05) is 32.2 Å². The van der Waals surface area contributed by atoms with Gasteiger partial charge in [-0.2, -0.15) is 0 Å². The van der Waals surface area contributed by atoms with Gasteiger partial charge in [-0.15, -0.1) is 0 Å². The van der Waals surface area contributed by atoms with Gasteiger partial charge in [0.05, 0.1) is 6.10 Å². The largest absolute Gasteiger partial charge is 0.491 e. The molecule has 18 heavy (non-hydrogen) atoms. The van der Waals surface area contributed by atoms with Crippen molar-refractivity contribution < 1.29 is 4.74 Å².